The molecule has 0 aromatic rings. The standard InChI is InChI=1S/C14H24N2O3/c1-3-6-11(10-19-2)16-9-13(17)15-8-5-4-7-12(15)14(16)18/h11-12H,3-10H2,1-2H3. The third-order valence-corrected chi connectivity index (χ3v) is 4.12. The SMILES string of the molecule is CCCC(COC)N1CC(=O)N2CCCCC2C1=O. The number of piperidine rings is 1. The summed E-state index contributed by atoms with van der Waals surface area (Å²) in [5, 5.41) is 0. The number of nitrogens with zero attached hydrogens (tertiary/aromatic N) is 2. The molecule has 2 heterocycles. The molecule has 0 bridgehead atoms. The third-order valence-electron chi connectivity index (χ3n) is 4.12. The van der Waals surface area contributed by atoms with E-state index in [-0.39, 0.29) is 30.4 Å². The van der Waals surface area contributed by atoms with Gasteiger partial charge in [-0.25, -0.2) is 0 Å². The molecule has 2 atom stereocenters. The van der Waals surface area contributed by atoms with Gasteiger partial charge in [-0.15, -0.1) is 0 Å². The minimum absolute atomic E-state index is 0.0375. The summed E-state index contributed by atoms with van der Waals surface area (Å²) >= 11 is 0. The zero-order chi connectivity index (χ0) is 13.8. The molecule has 2 fully saturated rings. The minimum Gasteiger partial charge on any atom is -0.383 e. The van der Waals surface area contributed by atoms with Crippen molar-refractivity contribution >= 4 is 11.8 Å². The first-order chi connectivity index (χ1) is 9.19. The Morgan fingerprint density at radius 1 is 1.37 bits per heavy atom. The summed E-state index contributed by atoms with van der Waals surface area (Å²) in [4.78, 5) is 28.3. The van der Waals surface area contributed by atoms with Gasteiger partial charge in [0.2, 0.25) is 11.8 Å². The molecule has 108 valence electrons. The maximum Gasteiger partial charge on any atom is 0.246 e. The van der Waals surface area contributed by atoms with Crippen LogP contribution in [0.5, 0.6) is 0 Å². The van der Waals surface area contributed by atoms with Crippen LogP contribution in [0.15, 0.2) is 0 Å². The number of rotatable bonds is 5. The molecule has 19 heavy (non-hydrogen) atoms. The van der Waals surface area contributed by atoms with Crippen LogP contribution in [0.1, 0.15) is 39.0 Å². The van der Waals surface area contributed by atoms with Crippen LogP contribution in [0.25, 0.3) is 0 Å². The van der Waals surface area contributed by atoms with E-state index >= 15 is 0 Å². The molecule has 2 aliphatic heterocycles. The lowest BCUT2D eigenvalue weighted by atomic mass is 9.96. The van der Waals surface area contributed by atoms with E-state index in [1.807, 2.05) is 0 Å². The second-order valence-electron chi connectivity index (χ2n) is 5.46. The fourth-order valence-corrected chi connectivity index (χ4v) is 3.16. The number of carbonyl (C=O) groups is 2. The van der Waals surface area contributed by atoms with Crippen molar-refractivity contribution in [3.8, 4) is 0 Å². The molecular weight excluding hydrogens is 244 g/mol. The number of fused-ring (bicyclic) bond motifs is 1. The fraction of sp³-hybridized carbons (Fsp3) is 0.857. The van der Waals surface area contributed by atoms with E-state index in [1.165, 1.54) is 0 Å². The van der Waals surface area contributed by atoms with Crippen molar-refractivity contribution < 1.29 is 14.3 Å². The zero-order valence-corrected chi connectivity index (χ0v) is 11.9. The Morgan fingerprint density at radius 3 is 2.84 bits per heavy atom. The molecule has 0 saturated carbocycles. The predicted molar refractivity (Wildman–Crippen MR) is 71.6 cm³/mol. The number of carbonyl (C=O) groups excluding carboxylic acids is 2. The normalized spacial score (nSPS) is 25.5. The smallest absolute Gasteiger partial charge is 0.246 e. The average Bonchev–Trinajstić information content (AvgIpc) is 2.43. The minimum atomic E-state index is -0.216. The van der Waals surface area contributed by atoms with Gasteiger partial charge in [0.15, 0.2) is 0 Å². The summed E-state index contributed by atoms with van der Waals surface area (Å²) in [6.07, 6.45) is 4.75. The number of ether oxygens (including phenoxy) is 1. The molecule has 0 radical (unpaired) electrons. The van der Waals surface area contributed by atoms with Gasteiger partial charge in [-0.05, 0) is 25.7 Å². The number of piperazine rings is 1. The van der Waals surface area contributed by atoms with Crippen LogP contribution in [0.3, 0.4) is 0 Å². The number of methoxy groups -OCH3 is 1. The highest BCUT2D eigenvalue weighted by atomic mass is 16.5. The van der Waals surface area contributed by atoms with Crippen molar-refractivity contribution in [3.05, 3.63) is 0 Å². The molecule has 0 aromatic carbocycles. The molecule has 2 saturated heterocycles. The van der Waals surface area contributed by atoms with E-state index in [2.05, 4.69) is 6.92 Å². The first kappa shape index (κ1) is 14.3. The van der Waals surface area contributed by atoms with Crippen LogP contribution < -0.4 is 0 Å². The van der Waals surface area contributed by atoms with Gasteiger partial charge in [0.05, 0.1) is 12.6 Å². The highest BCUT2D eigenvalue weighted by Gasteiger charge is 2.42. The summed E-state index contributed by atoms with van der Waals surface area (Å²) in [6, 6.07) is -0.179. The van der Waals surface area contributed by atoms with Crippen molar-refractivity contribution in [2.24, 2.45) is 0 Å². The third kappa shape index (κ3) is 2.91. The monoisotopic (exact) mass is 268 g/mol. The summed E-state index contributed by atoms with van der Waals surface area (Å²) in [5.74, 6) is 0.219. The number of amides is 2. The Labute approximate surface area is 114 Å². The van der Waals surface area contributed by atoms with Gasteiger partial charge in [0, 0.05) is 13.7 Å². The van der Waals surface area contributed by atoms with Gasteiger partial charge >= 0.3 is 0 Å². The highest BCUT2D eigenvalue weighted by molar-refractivity contribution is 5.95. The van der Waals surface area contributed by atoms with Crippen molar-refractivity contribution in [1.29, 1.82) is 0 Å². The second-order valence-corrected chi connectivity index (χ2v) is 5.46. The maximum absolute atomic E-state index is 12.6. The Morgan fingerprint density at radius 2 is 2.16 bits per heavy atom. The summed E-state index contributed by atoms with van der Waals surface area (Å²) in [7, 11) is 1.64. The molecule has 2 unspecified atom stereocenters. The molecule has 5 nitrogen and oxygen atoms in total. The molecule has 2 rings (SSSR count). The van der Waals surface area contributed by atoms with Crippen molar-refractivity contribution in [2.75, 3.05) is 26.8 Å². The van der Waals surface area contributed by atoms with Crippen molar-refractivity contribution in [2.45, 2.75) is 51.1 Å². The Hall–Kier alpha value is -1.10. The van der Waals surface area contributed by atoms with Gasteiger partial charge in [-0.1, -0.05) is 13.3 Å². The lowest BCUT2D eigenvalue weighted by molar-refractivity contribution is -0.161. The number of hydrogen-bond acceptors (Lipinski definition) is 3. The van der Waals surface area contributed by atoms with E-state index in [0.717, 1.165) is 38.6 Å². The summed E-state index contributed by atoms with van der Waals surface area (Å²) in [5.41, 5.74) is 0. The average molecular weight is 268 g/mol. The van der Waals surface area contributed by atoms with Crippen molar-refractivity contribution in [1.82, 2.24) is 9.80 Å². The summed E-state index contributed by atoms with van der Waals surface area (Å²) < 4.78 is 5.21. The summed E-state index contributed by atoms with van der Waals surface area (Å²) in [6.45, 7) is 3.57. The van der Waals surface area contributed by atoms with Crippen LogP contribution in [-0.4, -0.2) is 60.5 Å². The van der Waals surface area contributed by atoms with E-state index in [9.17, 15) is 9.59 Å². The van der Waals surface area contributed by atoms with Gasteiger partial charge in [0.25, 0.3) is 0 Å². The topological polar surface area (TPSA) is 49.9 Å². The fourth-order valence-electron chi connectivity index (χ4n) is 3.16. The predicted octanol–water partition coefficient (Wildman–Crippen LogP) is 1.02. The van der Waals surface area contributed by atoms with Gasteiger partial charge in [-0.2, -0.15) is 0 Å². The van der Waals surface area contributed by atoms with Crippen LogP contribution in [0.2, 0.25) is 0 Å². The molecule has 2 aliphatic rings. The molecule has 0 aliphatic carbocycles. The molecule has 0 aromatic heterocycles. The van der Waals surface area contributed by atoms with Gasteiger partial charge in [-0.3, -0.25) is 9.59 Å². The first-order valence-corrected chi connectivity index (χ1v) is 7.28. The van der Waals surface area contributed by atoms with Crippen molar-refractivity contribution in [3.63, 3.8) is 0 Å². The second kappa shape index (κ2) is 6.37. The molecular formula is C14H24N2O3. The van der Waals surface area contributed by atoms with Crippen LogP contribution in [0, 0.1) is 0 Å². The Bertz CT molecular complexity index is 340. The molecule has 0 N–H and O–H groups in total. The van der Waals surface area contributed by atoms with E-state index < -0.39 is 0 Å². The molecule has 5 heteroatoms. The van der Waals surface area contributed by atoms with Crippen LogP contribution in [0.4, 0.5) is 0 Å². The zero-order valence-electron chi connectivity index (χ0n) is 11.9. The Balaban J connectivity index is 2.12. The lowest BCUT2D eigenvalue weighted by Crippen LogP contribution is -2.63. The lowest BCUT2D eigenvalue weighted by Gasteiger charge is -2.45. The Kier molecular flexibility index (Phi) is 4.80. The van der Waals surface area contributed by atoms with E-state index in [4.69, 9.17) is 4.74 Å². The maximum atomic E-state index is 12.6. The van der Waals surface area contributed by atoms with Crippen LogP contribution >= 0.6 is 0 Å². The van der Waals surface area contributed by atoms with Gasteiger partial charge in [0.1, 0.15) is 12.6 Å². The van der Waals surface area contributed by atoms with Crippen LogP contribution in [-0.2, 0) is 14.3 Å². The molecule has 2 amide bonds. The first-order valence-electron chi connectivity index (χ1n) is 7.28. The molecule has 0 spiro atoms. The largest absolute Gasteiger partial charge is 0.383 e. The van der Waals surface area contributed by atoms with E-state index in [1.54, 1.807) is 16.9 Å². The number of hydrogen-bond donors (Lipinski definition) is 0. The van der Waals surface area contributed by atoms with E-state index in [0.29, 0.717) is 6.61 Å². The highest BCUT2D eigenvalue weighted by Crippen LogP contribution is 2.25. The van der Waals surface area contributed by atoms with Gasteiger partial charge < -0.3 is 14.5 Å². The quantitative estimate of drug-likeness (QED) is 0.748.